The Bertz CT molecular complexity index is 266. The van der Waals surface area contributed by atoms with Crippen LogP contribution < -0.4 is 4.90 Å². The second-order valence-electron chi connectivity index (χ2n) is 2.91. The highest BCUT2D eigenvalue weighted by Crippen LogP contribution is 2.14. The van der Waals surface area contributed by atoms with Gasteiger partial charge in [-0.3, -0.25) is 0 Å². The summed E-state index contributed by atoms with van der Waals surface area (Å²) in [6.45, 7) is 4.13. The topological polar surface area (TPSA) is 47.7 Å². The van der Waals surface area contributed by atoms with Gasteiger partial charge in [0, 0.05) is 6.07 Å². The van der Waals surface area contributed by atoms with Crippen LogP contribution in [0.4, 0.5) is 5.82 Å². The summed E-state index contributed by atoms with van der Waals surface area (Å²) in [5, 5.41) is 3.87. The van der Waals surface area contributed by atoms with E-state index in [1.807, 2.05) is 17.9 Å². The molecule has 5 heteroatoms. The van der Waals surface area contributed by atoms with Gasteiger partial charge in [0.25, 0.3) is 0 Å². The molecule has 0 radical (unpaired) electrons. The summed E-state index contributed by atoms with van der Waals surface area (Å²) in [5.41, 5.74) is 0. The van der Waals surface area contributed by atoms with E-state index in [9.17, 15) is 0 Å². The number of aromatic nitrogens is 1. The summed E-state index contributed by atoms with van der Waals surface area (Å²) in [4.78, 5) is 1.88. The van der Waals surface area contributed by atoms with Crippen molar-refractivity contribution in [3.8, 4) is 0 Å². The molecule has 1 aromatic rings. The molecule has 2 rings (SSSR count). The Labute approximate surface area is 76.2 Å². The van der Waals surface area contributed by atoms with E-state index in [1.165, 1.54) is 0 Å². The SMILES string of the molecule is Cc1cc(N2COCCOC2)no1. The Hall–Kier alpha value is -1.07. The summed E-state index contributed by atoms with van der Waals surface area (Å²) < 4.78 is 15.5. The molecular weight excluding hydrogens is 172 g/mol. The molecule has 5 nitrogen and oxygen atoms in total. The van der Waals surface area contributed by atoms with Gasteiger partial charge < -0.3 is 18.9 Å². The molecule has 1 aliphatic heterocycles. The molecule has 1 fully saturated rings. The van der Waals surface area contributed by atoms with E-state index in [0.717, 1.165) is 11.6 Å². The van der Waals surface area contributed by atoms with Crippen LogP contribution in [0.15, 0.2) is 10.6 Å². The molecule has 0 spiro atoms. The third-order valence-electron chi connectivity index (χ3n) is 1.81. The third-order valence-corrected chi connectivity index (χ3v) is 1.81. The molecule has 0 amide bonds. The third kappa shape index (κ3) is 1.99. The van der Waals surface area contributed by atoms with Gasteiger partial charge in [0.15, 0.2) is 5.82 Å². The van der Waals surface area contributed by atoms with Crippen LogP contribution in [0.2, 0.25) is 0 Å². The maximum atomic E-state index is 5.29. The molecule has 72 valence electrons. The lowest BCUT2D eigenvalue weighted by atomic mass is 10.5. The Morgan fingerprint density at radius 3 is 2.54 bits per heavy atom. The lowest BCUT2D eigenvalue weighted by Crippen LogP contribution is -2.26. The predicted molar refractivity (Wildman–Crippen MR) is 45.4 cm³/mol. The number of hydrogen-bond donors (Lipinski definition) is 0. The van der Waals surface area contributed by atoms with E-state index in [2.05, 4.69) is 5.16 Å². The predicted octanol–water partition coefficient (Wildman–Crippen LogP) is 0.751. The van der Waals surface area contributed by atoms with Crippen LogP contribution in [0.3, 0.4) is 0 Å². The molecule has 0 bridgehead atoms. The van der Waals surface area contributed by atoms with E-state index < -0.39 is 0 Å². The van der Waals surface area contributed by atoms with Gasteiger partial charge in [0.2, 0.25) is 0 Å². The number of anilines is 1. The minimum Gasteiger partial charge on any atom is -0.360 e. The Morgan fingerprint density at radius 1 is 1.31 bits per heavy atom. The fraction of sp³-hybridized carbons (Fsp3) is 0.625. The van der Waals surface area contributed by atoms with Crippen molar-refractivity contribution < 1.29 is 14.0 Å². The first-order valence-corrected chi connectivity index (χ1v) is 4.20. The van der Waals surface area contributed by atoms with E-state index in [0.29, 0.717) is 26.7 Å². The lowest BCUT2D eigenvalue weighted by Gasteiger charge is -2.16. The van der Waals surface area contributed by atoms with Gasteiger partial charge in [-0.15, -0.1) is 0 Å². The summed E-state index contributed by atoms with van der Waals surface area (Å²) >= 11 is 0. The van der Waals surface area contributed by atoms with Gasteiger partial charge in [-0.2, -0.15) is 0 Å². The van der Waals surface area contributed by atoms with Crippen molar-refractivity contribution >= 4 is 5.82 Å². The highest BCUT2D eigenvalue weighted by Gasteiger charge is 2.13. The molecular formula is C8H12N2O3. The number of nitrogens with zero attached hydrogens (tertiary/aromatic N) is 2. The Morgan fingerprint density at radius 2 is 2.00 bits per heavy atom. The van der Waals surface area contributed by atoms with Gasteiger partial charge >= 0.3 is 0 Å². The van der Waals surface area contributed by atoms with E-state index in [1.54, 1.807) is 0 Å². The molecule has 2 heterocycles. The van der Waals surface area contributed by atoms with Crippen LogP contribution in [0.5, 0.6) is 0 Å². The molecule has 0 atom stereocenters. The van der Waals surface area contributed by atoms with Gasteiger partial charge in [-0.25, -0.2) is 0 Å². The first-order valence-electron chi connectivity index (χ1n) is 4.20. The van der Waals surface area contributed by atoms with Crippen molar-refractivity contribution in [2.45, 2.75) is 6.92 Å². The maximum Gasteiger partial charge on any atom is 0.175 e. The summed E-state index contributed by atoms with van der Waals surface area (Å²) in [6, 6.07) is 1.86. The maximum absolute atomic E-state index is 5.29. The number of rotatable bonds is 1. The number of aryl methyl sites for hydroxylation is 1. The highest BCUT2D eigenvalue weighted by molar-refractivity contribution is 5.36. The van der Waals surface area contributed by atoms with Gasteiger partial charge in [0.1, 0.15) is 19.2 Å². The van der Waals surface area contributed by atoms with Gasteiger partial charge in [0.05, 0.1) is 13.2 Å². The van der Waals surface area contributed by atoms with Crippen molar-refractivity contribution in [1.29, 1.82) is 0 Å². The highest BCUT2D eigenvalue weighted by atomic mass is 16.6. The zero-order chi connectivity index (χ0) is 9.10. The zero-order valence-electron chi connectivity index (χ0n) is 7.52. The summed E-state index contributed by atoms with van der Waals surface area (Å²) in [6.07, 6.45) is 0. The van der Waals surface area contributed by atoms with Crippen LogP contribution in [0, 0.1) is 6.92 Å². The fourth-order valence-corrected chi connectivity index (χ4v) is 1.14. The van der Waals surface area contributed by atoms with Crippen molar-refractivity contribution in [3.05, 3.63) is 11.8 Å². The molecule has 1 aromatic heterocycles. The standard InChI is InChI=1S/C8H12N2O3/c1-7-4-8(9-13-7)10-5-11-2-3-12-6-10/h4H,2-3,5-6H2,1H3. The van der Waals surface area contributed by atoms with Crippen molar-refractivity contribution in [2.24, 2.45) is 0 Å². The lowest BCUT2D eigenvalue weighted by molar-refractivity contribution is 0.103. The molecule has 0 aliphatic carbocycles. The number of hydrogen-bond acceptors (Lipinski definition) is 5. The van der Waals surface area contributed by atoms with Crippen LogP contribution in [-0.4, -0.2) is 31.8 Å². The van der Waals surface area contributed by atoms with E-state index >= 15 is 0 Å². The van der Waals surface area contributed by atoms with Crippen LogP contribution >= 0.6 is 0 Å². The van der Waals surface area contributed by atoms with Crippen LogP contribution in [0.1, 0.15) is 5.76 Å². The van der Waals surface area contributed by atoms with Gasteiger partial charge in [-0.05, 0) is 6.92 Å². The fourth-order valence-electron chi connectivity index (χ4n) is 1.14. The Balaban J connectivity index is 2.06. The average Bonchev–Trinajstić information content (AvgIpc) is 2.43. The average molecular weight is 184 g/mol. The molecule has 0 saturated carbocycles. The summed E-state index contributed by atoms with van der Waals surface area (Å²) in [7, 11) is 0. The monoisotopic (exact) mass is 184 g/mol. The summed E-state index contributed by atoms with van der Waals surface area (Å²) in [5.74, 6) is 1.55. The minimum atomic E-state index is 0.506. The molecule has 0 N–H and O–H groups in total. The van der Waals surface area contributed by atoms with Crippen LogP contribution in [-0.2, 0) is 9.47 Å². The first-order chi connectivity index (χ1) is 6.36. The van der Waals surface area contributed by atoms with Crippen molar-refractivity contribution in [1.82, 2.24) is 5.16 Å². The van der Waals surface area contributed by atoms with Crippen molar-refractivity contribution in [3.63, 3.8) is 0 Å². The number of ether oxygens (including phenoxy) is 2. The minimum absolute atomic E-state index is 0.506. The first kappa shape index (κ1) is 8.52. The largest absolute Gasteiger partial charge is 0.360 e. The quantitative estimate of drug-likeness (QED) is 0.644. The smallest absolute Gasteiger partial charge is 0.175 e. The second-order valence-corrected chi connectivity index (χ2v) is 2.91. The zero-order valence-corrected chi connectivity index (χ0v) is 7.52. The molecule has 0 unspecified atom stereocenters. The molecule has 13 heavy (non-hydrogen) atoms. The van der Waals surface area contributed by atoms with Crippen molar-refractivity contribution in [2.75, 3.05) is 31.6 Å². The molecule has 1 aliphatic rings. The molecule has 1 saturated heterocycles. The van der Waals surface area contributed by atoms with E-state index in [-0.39, 0.29) is 0 Å². The molecule has 0 aromatic carbocycles. The second kappa shape index (κ2) is 3.76. The van der Waals surface area contributed by atoms with Crippen LogP contribution in [0.25, 0.3) is 0 Å². The normalized spacial score (nSPS) is 18.7. The Kier molecular flexibility index (Phi) is 2.47. The van der Waals surface area contributed by atoms with E-state index in [4.69, 9.17) is 14.0 Å². The van der Waals surface area contributed by atoms with Gasteiger partial charge in [-0.1, -0.05) is 5.16 Å².